The minimum absolute atomic E-state index is 0.108. The summed E-state index contributed by atoms with van der Waals surface area (Å²) in [6.07, 6.45) is 4.46. The number of carbonyl (C=O) groups is 1. The van der Waals surface area contributed by atoms with Gasteiger partial charge in [0, 0.05) is 31.5 Å². The van der Waals surface area contributed by atoms with Crippen molar-refractivity contribution in [1.82, 2.24) is 9.88 Å². The van der Waals surface area contributed by atoms with Crippen molar-refractivity contribution in [2.45, 2.75) is 19.9 Å². The Morgan fingerprint density at radius 3 is 2.89 bits per heavy atom. The molecule has 0 spiro atoms. The van der Waals surface area contributed by atoms with Crippen LogP contribution in [0.1, 0.15) is 18.9 Å². The van der Waals surface area contributed by atoms with Crippen LogP contribution in [-0.4, -0.2) is 42.0 Å². The number of carbonyl (C=O) groups excluding carboxylic acids is 1. The lowest BCUT2D eigenvalue weighted by molar-refractivity contribution is -0.124. The molecule has 1 unspecified atom stereocenters. The molecule has 0 aromatic carbocycles. The highest BCUT2D eigenvalue weighted by Crippen LogP contribution is 2.14. The van der Waals surface area contributed by atoms with Gasteiger partial charge in [0.1, 0.15) is 0 Å². The Hall–Kier alpha value is -1.26. The summed E-state index contributed by atoms with van der Waals surface area (Å²) in [6, 6.07) is 3.98. The molecular weight excluding hydrogens is 228 g/mol. The van der Waals surface area contributed by atoms with Gasteiger partial charge in [0.25, 0.3) is 0 Å². The molecule has 2 heterocycles. The summed E-state index contributed by atoms with van der Waals surface area (Å²) < 4.78 is 5.26. The normalized spacial score (nSPS) is 19.3. The third kappa shape index (κ3) is 3.62. The lowest BCUT2D eigenvalue weighted by atomic mass is 10.0. The second kappa shape index (κ2) is 6.61. The molecule has 1 saturated heterocycles. The van der Waals surface area contributed by atoms with Crippen molar-refractivity contribution in [3.8, 4) is 0 Å². The first-order valence-electron chi connectivity index (χ1n) is 6.51. The van der Waals surface area contributed by atoms with Crippen molar-refractivity contribution in [3.05, 3.63) is 30.1 Å². The van der Waals surface area contributed by atoms with Gasteiger partial charge in [-0.05, 0) is 30.7 Å². The summed E-state index contributed by atoms with van der Waals surface area (Å²) in [7, 11) is 0. The van der Waals surface area contributed by atoms with E-state index >= 15 is 0 Å². The largest absolute Gasteiger partial charge is 0.381 e. The van der Waals surface area contributed by atoms with Gasteiger partial charge in [-0.25, -0.2) is 0 Å². The quantitative estimate of drug-likeness (QED) is 0.765. The number of aromatic nitrogens is 1. The van der Waals surface area contributed by atoms with Gasteiger partial charge in [0.2, 0.25) is 0 Å². The Balaban J connectivity index is 1.87. The molecule has 1 atom stereocenters. The molecule has 1 aromatic rings. The second-order valence-corrected chi connectivity index (χ2v) is 4.69. The van der Waals surface area contributed by atoms with E-state index in [0.29, 0.717) is 18.9 Å². The molecule has 18 heavy (non-hydrogen) atoms. The maximum absolute atomic E-state index is 12.1. The number of ether oxygens (including phenoxy) is 1. The number of ketones is 1. The Labute approximate surface area is 108 Å². The molecule has 4 nitrogen and oxygen atoms in total. The van der Waals surface area contributed by atoms with Gasteiger partial charge in [-0.2, -0.15) is 0 Å². The lowest BCUT2D eigenvalue weighted by Gasteiger charge is -2.21. The number of Topliss-reactive ketones (excluding diaryl/α,β-unsaturated/α-hetero) is 1. The van der Waals surface area contributed by atoms with Gasteiger partial charge in [0.05, 0.1) is 13.2 Å². The van der Waals surface area contributed by atoms with Crippen molar-refractivity contribution < 1.29 is 9.53 Å². The maximum atomic E-state index is 12.1. The van der Waals surface area contributed by atoms with Crippen LogP contribution in [0, 0.1) is 5.92 Å². The zero-order valence-electron chi connectivity index (χ0n) is 10.8. The van der Waals surface area contributed by atoms with Crippen molar-refractivity contribution >= 4 is 5.78 Å². The van der Waals surface area contributed by atoms with Gasteiger partial charge in [-0.15, -0.1) is 0 Å². The molecule has 0 radical (unpaired) electrons. The molecule has 98 valence electrons. The molecule has 0 saturated carbocycles. The topological polar surface area (TPSA) is 42.4 Å². The molecule has 0 amide bonds. The van der Waals surface area contributed by atoms with E-state index in [1.54, 1.807) is 12.4 Å². The molecule has 1 fully saturated rings. The summed E-state index contributed by atoms with van der Waals surface area (Å²) in [5, 5.41) is 0. The number of likely N-dealkylation sites (N-methyl/N-ethyl adjacent to an activating group) is 1. The molecule has 1 aliphatic rings. The highest BCUT2D eigenvalue weighted by atomic mass is 16.5. The number of hydrogen-bond acceptors (Lipinski definition) is 4. The zero-order valence-corrected chi connectivity index (χ0v) is 10.8. The average molecular weight is 248 g/mol. The molecule has 1 aliphatic heterocycles. The Morgan fingerprint density at radius 1 is 1.50 bits per heavy atom. The van der Waals surface area contributed by atoms with Crippen LogP contribution in [0.25, 0.3) is 0 Å². The molecule has 0 N–H and O–H groups in total. The standard InChI is InChI=1S/C14H20N2O2/c1-2-16(9-12-3-6-15-7-4-12)10-14(17)13-5-8-18-11-13/h3-4,6-7,13H,2,5,8-11H2,1H3. The molecule has 1 aromatic heterocycles. The minimum atomic E-state index is 0.108. The highest BCUT2D eigenvalue weighted by Gasteiger charge is 2.24. The van der Waals surface area contributed by atoms with Crippen LogP contribution in [0.15, 0.2) is 24.5 Å². The third-order valence-corrected chi connectivity index (χ3v) is 3.37. The van der Waals surface area contributed by atoms with Crippen LogP contribution in [0.2, 0.25) is 0 Å². The van der Waals surface area contributed by atoms with Crippen LogP contribution in [0.4, 0.5) is 0 Å². The molecular formula is C14H20N2O2. The highest BCUT2D eigenvalue weighted by molar-refractivity contribution is 5.83. The summed E-state index contributed by atoms with van der Waals surface area (Å²) in [6.45, 7) is 5.62. The first-order chi connectivity index (χ1) is 8.79. The van der Waals surface area contributed by atoms with E-state index in [0.717, 1.165) is 26.1 Å². The first kappa shape index (κ1) is 13.2. The summed E-state index contributed by atoms with van der Waals surface area (Å²) >= 11 is 0. The fraction of sp³-hybridized carbons (Fsp3) is 0.571. The minimum Gasteiger partial charge on any atom is -0.381 e. The average Bonchev–Trinajstić information content (AvgIpc) is 2.93. The van der Waals surface area contributed by atoms with Crippen molar-refractivity contribution in [1.29, 1.82) is 0 Å². The predicted octanol–water partition coefficient (Wildman–Crippen LogP) is 1.51. The molecule has 4 heteroatoms. The van der Waals surface area contributed by atoms with Crippen LogP contribution in [0.3, 0.4) is 0 Å². The van der Waals surface area contributed by atoms with Crippen molar-refractivity contribution in [2.24, 2.45) is 5.92 Å². The number of hydrogen-bond donors (Lipinski definition) is 0. The van der Waals surface area contributed by atoms with Gasteiger partial charge in [-0.1, -0.05) is 6.92 Å². The number of nitrogens with zero attached hydrogens (tertiary/aromatic N) is 2. The third-order valence-electron chi connectivity index (χ3n) is 3.37. The fourth-order valence-electron chi connectivity index (χ4n) is 2.16. The summed E-state index contributed by atoms with van der Waals surface area (Å²) in [4.78, 5) is 18.2. The van der Waals surface area contributed by atoms with Gasteiger partial charge in [0.15, 0.2) is 5.78 Å². The van der Waals surface area contributed by atoms with Gasteiger partial charge in [-0.3, -0.25) is 14.7 Å². The Kier molecular flexibility index (Phi) is 4.84. The maximum Gasteiger partial charge on any atom is 0.152 e. The van der Waals surface area contributed by atoms with Crippen molar-refractivity contribution in [3.63, 3.8) is 0 Å². The summed E-state index contributed by atoms with van der Waals surface area (Å²) in [5.74, 6) is 0.417. The van der Waals surface area contributed by atoms with E-state index in [1.165, 1.54) is 5.56 Å². The SMILES string of the molecule is CCN(CC(=O)C1CCOC1)Cc1ccncc1. The van der Waals surface area contributed by atoms with Crippen LogP contribution < -0.4 is 0 Å². The lowest BCUT2D eigenvalue weighted by Crippen LogP contribution is -2.33. The van der Waals surface area contributed by atoms with Gasteiger partial charge < -0.3 is 4.74 Å². The van der Waals surface area contributed by atoms with E-state index in [1.807, 2.05) is 12.1 Å². The zero-order chi connectivity index (χ0) is 12.8. The van der Waals surface area contributed by atoms with E-state index in [4.69, 9.17) is 4.74 Å². The molecule has 0 bridgehead atoms. The Bertz CT molecular complexity index is 375. The smallest absolute Gasteiger partial charge is 0.152 e. The summed E-state index contributed by atoms with van der Waals surface area (Å²) in [5.41, 5.74) is 1.20. The van der Waals surface area contributed by atoms with Gasteiger partial charge >= 0.3 is 0 Å². The molecule has 0 aliphatic carbocycles. The van der Waals surface area contributed by atoms with E-state index < -0.39 is 0 Å². The molecule has 2 rings (SSSR count). The van der Waals surface area contributed by atoms with E-state index in [-0.39, 0.29) is 5.92 Å². The Morgan fingerprint density at radius 2 is 2.28 bits per heavy atom. The number of pyridine rings is 1. The van der Waals surface area contributed by atoms with E-state index in [9.17, 15) is 4.79 Å². The monoisotopic (exact) mass is 248 g/mol. The first-order valence-corrected chi connectivity index (χ1v) is 6.51. The van der Waals surface area contributed by atoms with Crippen molar-refractivity contribution in [2.75, 3.05) is 26.3 Å². The van der Waals surface area contributed by atoms with Crippen LogP contribution >= 0.6 is 0 Å². The predicted molar refractivity (Wildman–Crippen MR) is 69.1 cm³/mol. The fourth-order valence-corrected chi connectivity index (χ4v) is 2.16. The van der Waals surface area contributed by atoms with E-state index in [2.05, 4.69) is 16.8 Å². The van der Waals surface area contributed by atoms with Crippen LogP contribution in [-0.2, 0) is 16.1 Å². The van der Waals surface area contributed by atoms with Crippen LogP contribution in [0.5, 0.6) is 0 Å². The second-order valence-electron chi connectivity index (χ2n) is 4.69. The number of rotatable bonds is 6.